The largest absolute Gasteiger partial charge is 0.491 e. The van der Waals surface area contributed by atoms with Crippen molar-refractivity contribution < 1.29 is 4.74 Å². The number of hydrogen-bond acceptors (Lipinski definition) is 5. The van der Waals surface area contributed by atoms with Crippen LogP contribution in [-0.4, -0.2) is 27.4 Å². The fraction of sp³-hybridized carbons (Fsp3) is 0.143. The lowest BCUT2D eigenvalue weighted by Gasteiger charge is -2.17. The Bertz CT molecular complexity index is 674. The standard InChI is InChI=1S/C14H13N5OS/c21-14(17-12-5-1-2-7-15-12)19-18-10-6-9-20-11-4-3-8-16-13(10)11/h1-5,7-8H,6,9H2,(H2,15,17,19,21)/b18-10-. The van der Waals surface area contributed by atoms with Crippen molar-refractivity contribution in [1.29, 1.82) is 0 Å². The minimum absolute atomic E-state index is 0.380. The van der Waals surface area contributed by atoms with Gasteiger partial charge in [-0.1, -0.05) is 6.07 Å². The molecule has 0 spiro atoms. The molecule has 0 aliphatic carbocycles. The molecule has 3 heterocycles. The fourth-order valence-electron chi connectivity index (χ4n) is 1.91. The molecule has 1 aliphatic rings. The summed E-state index contributed by atoms with van der Waals surface area (Å²) in [4.78, 5) is 8.42. The zero-order valence-corrected chi connectivity index (χ0v) is 11.9. The van der Waals surface area contributed by atoms with Crippen LogP contribution in [-0.2, 0) is 0 Å². The molecule has 6 nitrogen and oxygen atoms in total. The Morgan fingerprint density at radius 3 is 2.95 bits per heavy atom. The molecule has 0 fully saturated rings. The maximum atomic E-state index is 5.53. The molecule has 3 rings (SSSR count). The highest BCUT2D eigenvalue weighted by molar-refractivity contribution is 7.80. The zero-order valence-electron chi connectivity index (χ0n) is 11.1. The summed E-state index contributed by atoms with van der Waals surface area (Å²) in [5.41, 5.74) is 4.38. The van der Waals surface area contributed by atoms with Crippen molar-refractivity contribution in [2.45, 2.75) is 6.42 Å². The Labute approximate surface area is 127 Å². The van der Waals surface area contributed by atoms with Crippen LogP contribution in [0.15, 0.2) is 47.8 Å². The van der Waals surface area contributed by atoms with Crippen LogP contribution in [0.1, 0.15) is 12.1 Å². The number of nitrogens with zero attached hydrogens (tertiary/aromatic N) is 3. The Kier molecular flexibility index (Phi) is 4.02. The monoisotopic (exact) mass is 299 g/mol. The molecule has 106 valence electrons. The summed E-state index contributed by atoms with van der Waals surface area (Å²) in [6, 6.07) is 9.26. The Morgan fingerprint density at radius 1 is 1.19 bits per heavy atom. The summed E-state index contributed by atoms with van der Waals surface area (Å²) in [5, 5.41) is 7.65. The summed E-state index contributed by atoms with van der Waals surface area (Å²) >= 11 is 5.18. The molecule has 2 aromatic rings. The van der Waals surface area contributed by atoms with E-state index in [1.165, 1.54) is 0 Å². The van der Waals surface area contributed by atoms with Crippen molar-refractivity contribution >= 4 is 28.9 Å². The van der Waals surface area contributed by atoms with Gasteiger partial charge in [0.1, 0.15) is 17.3 Å². The second kappa shape index (κ2) is 6.27. The molecule has 2 N–H and O–H groups in total. The van der Waals surface area contributed by atoms with Gasteiger partial charge in [-0.05, 0) is 36.5 Å². The van der Waals surface area contributed by atoms with Gasteiger partial charge >= 0.3 is 0 Å². The fourth-order valence-corrected chi connectivity index (χ4v) is 2.06. The molecule has 21 heavy (non-hydrogen) atoms. The maximum Gasteiger partial charge on any atom is 0.192 e. The molecule has 0 saturated carbocycles. The number of fused-ring (bicyclic) bond motifs is 1. The van der Waals surface area contributed by atoms with Gasteiger partial charge < -0.3 is 10.1 Å². The van der Waals surface area contributed by atoms with Crippen LogP contribution in [0.25, 0.3) is 0 Å². The van der Waals surface area contributed by atoms with Crippen molar-refractivity contribution in [2.75, 3.05) is 11.9 Å². The van der Waals surface area contributed by atoms with Crippen molar-refractivity contribution in [3.05, 3.63) is 48.4 Å². The first-order valence-electron chi connectivity index (χ1n) is 6.46. The van der Waals surface area contributed by atoms with Crippen LogP contribution < -0.4 is 15.5 Å². The topological polar surface area (TPSA) is 71.4 Å². The van der Waals surface area contributed by atoms with Crippen LogP contribution in [0, 0.1) is 0 Å². The highest BCUT2D eigenvalue weighted by Gasteiger charge is 2.17. The van der Waals surface area contributed by atoms with E-state index < -0.39 is 0 Å². The number of thiocarbonyl (C=S) groups is 1. The molecule has 1 aliphatic heterocycles. The minimum Gasteiger partial charge on any atom is -0.491 e. The van der Waals surface area contributed by atoms with Crippen LogP contribution >= 0.6 is 12.2 Å². The first-order valence-corrected chi connectivity index (χ1v) is 6.86. The van der Waals surface area contributed by atoms with Gasteiger partial charge in [-0.2, -0.15) is 5.10 Å². The van der Waals surface area contributed by atoms with Gasteiger partial charge in [0, 0.05) is 18.8 Å². The van der Waals surface area contributed by atoms with Gasteiger partial charge in [-0.15, -0.1) is 0 Å². The number of aromatic nitrogens is 2. The lowest BCUT2D eigenvalue weighted by molar-refractivity contribution is 0.318. The molecular formula is C14H13N5OS. The average Bonchev–Trinajstić information content (AvgIpc) is 2.54. The van der Waals surface area contributed by atoms with Crippen LogP contribution in [0.5, 0.6) is 5.75 Å². The normalized spacial score (nSPS) is 15.0. The minimum atomic E-state index is 0.380. The van der Waals surface area contributed by atoms with Crippen molar-refractivity contribution in [3.8, 4) is 5.75 Å². The van der Waals surface area contributed by atoms with E-state index in [1.54, 1.807) is 12.4 Å². The van der Waals surface area contributed by atoms with E-state index in [2.05, 4.69) is 25.8 Å². The first kappa shape index (κ1) is 13.4. The molecule has 0 saturated heterocycles. The lowest BCUT2D eigenvalue weighted by Crippen LogP contribution is -2.27. The van der Waals surface area contributed by atoms with Gasteiger partial charge in [-0.3, -0.25) is 10.4 Å². The quantitative estimate of drug-likeness (QED) is 0.652. The first-order chi connectivity index (χ1) is 10.3. The second-order valence-corrected chi connectivity index (χ2v) is 4.70. The van der Waals surface area contributed by atoms with Gasteiger partial charge in [0.25, 0.3) is 0 Å². The van der Waals surface area contributed by atoms with E-state index >= 15 is 0 Å². The number of hydrogen-bond donors (Lipinski definition) is 2. The van der Waals surface area contributed by atoms with E-state index in [4.69, 9.17) is 17.0 Å². The van der Waals surface area contributed by atoms with Crippen molar-refractivity contribution in [3.63, 3.8) is 0 Å². The third-order valence-corrected chi connectivity index (χ3v) is 3.03. The van der Waals surface area contributed by atoms with Gasteiger partial charge in [0.05, 0.1) is 12.3 Å². The smallest absolute Gasteiger partial charge is 0.192 e. The van der Waals surface area contributed by atoms with E-state index in [1.807, 2.05) is 30.3 Å². The van der Waals surface area contributed by atoms with E-state index in [9.17, 15) is 0 Å². The summed E-state index contributed by atoms with van der Waals surface area (Å²) < 4.78 is 5.53. The molecule has 0 bridgehead atoms. The Hall–Kier alpha value is -2.54. The summed E-state index contributed by atoms with van der Waals surface area (Å²) in [6.07, 6.45) is 4.09. The van der Waals surface area contributed by atoms with Crippen LogP contribution in [0.2, 0.25) is 0 Å². The highest BCUT2D eigenvalue weighted by Crippen LogP contribution is 2.21. The van der Waals surface area contributed by atoms with Crippen LogP contribution in [0.4, 0.5) is 5.82 Å². The average molecular weight is 299 g/mol. The van der Waals surface area contributed by atoms with Crippen molar-refractivity contribution in [2.24, 2.45) is 5.10 Å². The molecule has 0 atom stereocenters. The number of anilines is 1. The third kappa shape index (κ3) is 3.32. The molecular weight excluding hydrogens is 286 g/mol. The third-order valence-electron chi connectivity index (χ3n) is 2.84. The molecule has 0 amide bonds. The lowest BCUT2D eigenvalue weighted by atomic mass is 10.1. The zero-order chi connectivity index (χ0) is 14.5. The highest BCUT2D eigenvalue weighted by atomic mass is 32.1. The van der Waals surface area contributed by atoms with Gasteiger partial charge in [-0.25, -0.2) is 4.98 Å². The number of rotatable bonds is 2. The molecule has 7 heteroatoms. The molecule has 0 unspecified atom stereocenters. The number of nitrogens with one attached hydrogen (secondary N) is 2. The Morgan fingerprint density at radius 2 is 2.10 bits per heavy atom. The summed E-state index contributed by atoms with van der Waals surface area (Å²) in [7, 11) is 0. The maximum absolute atomic E-state index is 5.53. The predicted octanol–water partition coefficient (Wildman–Crippen LogP) is 1.95. The SMILES string of the molecule is S=C(N/N=C1/CCOc2cccnc21)Nc1ccccn1. The number of pyridine rings is 2. The van der Waals surface area contributed by atoms with E-state index in [0.29, 0.717) is 24.0 Å². The predicted molar refractivity (Wildman–Crippen MR) is 84.5 cm³/mol. The van der Waals surface area contributed by atoms with Crippen molar-refractivity contribution in [1.82, 2.24) is 15.4 Å². The molecule has 0 radical (unpaired) electrons. The number of ether oxygens (including phenoxy) is 1. The summed E-state index contributed by atoms with van der Waals surface area (Å²) in [5.74, 6) is 1.41. The molecule has 2 aromatic heterocycles. The van der Waals surface area contributed by atoms with E-state index in [-0.39, 0.29) is 0 Å². The Balaban J connectivity index is 1.68. The van der Waals surface area contributed by atoms with Crippen LogP contribution in [0.3, 0.4) is 0 Å². The summed E-state index contributed by atoms with van der Waals surface area (Å²) in [6.45, 7) is 0.583. The van der Waals surface area contributed by atoms with E-state index in [0.717, 1.165) is 17.2 Å². The van der Waals surface area contributed by atoms with Gasteiger partial charge in [0.15, 0.2) is 5.11 Å². The van der Waals surface area contributed by atoms with Gasteiger partial charge in [0.2, 0.25) is 0 Å². The number of hydrazone groups is 1. The molecule has 0 aromatic carbocycles. The second-order valence-electron chi connectivity index (χ2n) is 4.29.